The second kappa shape index (κ2) is 8.06. The molecule has 0 atom stereocenters. The van der Waals surface area contributed by atoms with Gasteiger partial charge in [0, 0.05) is 13.1 Å². The average Bonchev–Trinajstić information content (AvgIpc) is 3.09. The normalized spacial score (nSPS) is 14.7. The summed E-state index contributed by atoms with van der Waals surface area (Å²) in [6.45, 7) is 3.85. The summed E-state index contributed by atoms with van der Waals surface area (Å²) in [6, 6.07) is 14.7. The third kappa shape index (κ3) is 4.65. The van der Waals surface area contributed by atoms with Gasteiger partial charge in [-0.05, 0) is 48.7 Å². The minimum Gasteiger partial charge on any atom is -0.352 e. The number of carbonyl (C=O) groups excluding carboxylic acids is 1. The molecule has 0 unspecified atom stereocenters. The number of hydrogen-bond donors (Lipinski definition) is 1. The van der Waals surface area contributed by atoms with Gasteiger partial charge in [-0.25, -0.2) is 4.39 Å². The zero-order valence-corrected chi connectivity index (χ0v) is 13.8. The summed E-state index contributed by atoms with van der Waals surface area (Å²) in [5, 5.41) is 2.85. The van der Waals surface area contributed by atoms with Gasteiger partial charge in [0.05, 0.1) is 6.42 Å². The fourth-order valence-corrected chi connectivity index (χ4v) is 3.04. The van der Waals surface area contributed by atoms with Crippen LogP contribution in [0.1, 0.15) is 29.5 Å². The molecule has 1 amide bonds. The Morgan fingerprint density at radius 3 is 2.38 bits per heavy atom. The minimum absolute atomic E-state index is 0.0692. The van der Waals surface area contributed by atoms with Crippen LogP contribution in [0.15, 0.2) is 48.5 Å². The average molecular weight is 326 g/mol. The third-order valence-electron chi connectivity index (χ3n) is 4.43. The number of rotatable bonds is 6. The van der Waals surface area contributed by atoms with E-state index in [4.69, 9.17) is 0 Å². The molecule has 0 spiro atoms. The molecule has 0 aliphatic carbocycles. The standard InChI is InChI=1S/C20H23FN2O/c21-19-6-2-1-5-18(19)13-20(24)22-14-16-7-9-17(10-8-16)15-23-11-3-4-12-23/h1-2,5-10H,3-4,11-15H2,(H,22,24). The first-order chi connectivity index (χ1) is 11.7. The van der Waals surface area contributed by atoms with Crippen LogP contribution < -0.4 is 5.32 Å². The molecule has 1 heterocycles. The number of likely N-dealkylation sites (tertiary alicyclic amines) is 1. The SMILES string of the molecule is O=C(Cc1ccccc1F)NCc1ccc(CN2CCCC2)cc1. The van der Waals surface area contributed by atoms with E-state index >= 15 is 0 Å². The van der Waals surface area contributed by atoms with Gasteiger partial charge in [0.15, 0.2) is 0 Å². The van der Waals surface area contributed by atoms with E-state index in [2.05, 4.69) is 34.5 Å². The molecule has 3 nitrogen and oxygen atoms in total. The van der Waals surface area contributed by atoms with E-state index in [1.54, 1.807) is 18.2 Å². The van der Waals surface area contributed by atoms with Crippen LogP contribution in [0.2, 0.25) is 0 Å². The molecule has 1 aliphatic rings. The van der Waals surface area contributed by atoms with Crippen LogP contribution in [-0.2, 0) is 24.3 Å². The third-order valence-corrected chi connectivity index (χ3v) is 4.43. The maximum absolute atomic E-state index is 13.5. The zero-order chi connectivity index (χ0) is 16.8. The molecular formula is C20H23FN2O. The highest BCUT2D eigenvalue weighted by atomic mass is 19.1. The first-order valence-electron chi connectivity index (χ1n) is 8.51. The molecule has 1 N–H and O–H groups in total. The van der Waals surface area contributed by atoms with E-state index in [-0.39, 0.29) is 18.1 Å². The van der Waals surface area contributed by atoms with Crippen molar-refractivity contribution in [3.05, 3.63) is 71.0 Å². The molecular weight excluding hydrogens is 303 g/mol. The van der Waals surface area contributed by atoms with Crippen molar-refractivity contribution in [3.8, 4) is 0 Å². The molecule has 2 aromatic carbocycles. The number of nitrogens with zero attached hydrogens (tertiary/aromatic N) is 1. The predicted octanol–water partition coefficient (Wildman–Crippen LogP) is 3.28. The molecule has 126 valence electrons. The van der Waals surface area contributed by atoms with Gasteiger partial charge < -0.3 is 5.32 Å². The molecule has 0 radical (unpaired) electrons. The Hall–Kier alpha value is -2.20. The fourth-order valence-electron chi connectivity index (χ4n) is 3.04. The van der Waals surface area contributed by atoms with Crippen molar-refractivity contribution in [1.29, 1.82) is 0 Å². The number of halogens is 1. The van der Waals surface area contributed by atoms with Crippen LogP contribution in [0.5, 0.6) is 0 Å². The van der Waals surface area contributed by atoms with Crippen molar-refractivity contribution in [2.75, 3.05) is 13.1 Å². The van der Waals surface area contributed by atoms with Crippen LogP contribution >= 0.6 is 0 Å². The van der Waals surface area contributed by atoms with E-state index in [9.17, 15) is 9.18 Å². The molecule has 2 aromatic rings. The lowest BCUT2D eigenvalue weighted by atomic mass is 10.1. The summed E-state index contributed by atoms with van der Waals surface area (Å²) >= 11 is 0. The van der Waals surface area contributed by atoms with Crippen molar-refractivity contribution in [3.63, 3.8) is 0 Å². The summed E-state index contributed by atoms with van der Waals surface area (Å²) < 4.78 is 13.5. The Labute approximate surface area is 142 Å². The maximum atomic E-state index is 13.5. The lowest BCUT2D eigenvalue weighted by Crippen LogP contribution is -2.25. The lowest BCUT2D eigenvalue weighted by Gasteiger charge is -2.14. The highest BCUT2D eigenvalue weighted by Gasteiger charge is 2.11. The molecule has 3 rings (SSSR count). The Kier molecular flexibility index (Phi) is 5.59. The summed E-state index contributed by atoms with van der Waals surface area (Å²) in [5.41, 5.74) is 2.79. The predicted molar refractivity (Wildman–Crippen MR) is 92.9 cm³/mol. The number of nitrogens with one attached hydrogen (secondary N) is 1. The van der Waals surface area contributed by atoms with Gasteiger partial charge in [-0.15, -0.1) is 0 Å². The van der Waals surface area contributed by atoms with Gasteiger partial charge in [-0.2, -0.15) is 0 Å². The quantitative estimate of drug-likeness (QED) is 0.883. The van der Waals surface area contributed by atoms with Crippen LogP contribution in [0.4, 0.5) is 4.39 Å². The lowest BCUT2D eigenvalue weighted by molar-refractivity contribution is -0.120. The maximum Gasteiger partial charge on any atom is 0.224 e. The molecule has 4 heteroatoms. The largest absolute Gasteiger partial charge is 0.352 e. The molecule has 0 saturated carbocycles. The van der Waals surface area contributed by atoms with Crippen molar-refractivity contribution >= 4 is 5.91 Å². The van der Waals surface area contributed by atoms with Crippen LogP contribution in [-0.4, -0.2) is 23.9 Å². The van der Waals surface area contributed by atoms with E-state index < -0.39 is 0 Å². The molecule has 1 fully saturated rings. The highest BCUT2D eigenvalue weighted by molar-refractivity contribution is 5.78. The first kappa shape index (κ1) is 16.7. The molecule has 0 bridgehead atoms. The van der Waals surface area contributed by atoms with Crippen LogP contribution in [0.25, 0.3) is 0 Å². The van der Waals surface area contributed by atoms with E-state index in [1.807, 2.05) is 0 Å². The van der Waals surface area contributed by atoms with Gasteiger partial charge in [0.2, 0.25) is 5.91 Å². The van der Waals surface area contributed by atoms with Crippen LogP contribution in [0, 0.1) is 5.82 Å². The van der Waals surface area contributed by atoms with Gasteiger partial charge in [-0.1, -0.05) is 42.5 Å². The van der Waals surface area contributed by atoms with Gasteiger partial charge in [0.25, 0.3) is 0 Å². The minimum atomic E-state index is -0.334. The van der Waals surface area contributed by atoms with Crippen molar-refractivity contribution in [1.82, 2.24) is 10.2 Å². The second-order valence-electron chi connectivity index (χ2n) is 6.34. The smallest absolute Gasteiger partial charge is 0.224 e. The van der Waals surface area contributed by atoms with Gasteiger partial charge in [-0.3, -0.25) is 9.69 Å². The van der Waals surface area contributed by atoms with Crippen molar-refractivity contribution in [2.45, 2.75) is 32.4 Å². The molecule has 0 aromatic heterocycles. The number of amides is 1. The molecule has 1 aliphatic heterocycles. The van der Waals surface area contributed by atoms with E-state index in [1.165, 1.54) is 37.6 Å². The molecule has 1 saturated heterocycles. The Morgan fingerprint density at radius 2 is 1.67 bits per heavy atom. The van der Waals surface area contributed by atoms with E-state index in [0.29, 0.717) is 12.1 Å². The summed E-state index contributed by atoms with van der Waals surface area (Å²) in [6.07, 6.45) is 2.66. The summed E-state index contributed by atoms with van der Waals surface area (Å²) in [7, 11) is 0. The number of benzene rings is 2. The number of carbonyl (C=O) groups is 1. The zero-order valence-electron chi connectivity index (χ0n) is 13.8. The molecule has 24 heavy (non-hydrogen) atoms. The fraction of sp³-hybridized carbons (Fsp3) is 0.350. The Bertz CT molecular complexity index is 678. The van der Waals surface area contributed by atoms with E-state index in [0.717, 1.165) is 12.1 Å². The Morgan fingerprint density at radius 1 is 1.00 bits per heavy atom. The summed E-state index contributed by atoms with van der Waals surface area (Å²) in [5.74, 6) is -0.500. The van der Waals surface area contributed by atoms with Gasteiger partial charge >= 0.3 is 0 Å². The summed E-state index contributed by atoms with van der Waals surface area (Å²) in [4.78, 5) is 14.4. The number of hydrogen-bond acceptors (Lipinski definition) is 2. The highest BCUT2D eigenvalue weighted by Crippen LogP contribution is 2.13. The topological polar surface area (TPSA) is 32.3 Å². The van der Waals surface area contributed by atoms with Crippen molar-refractivity contribution < 1.29 is 9.18 Å². The second-order valence-corrected chi connectivity index (χ2v) is 6.34. The Balaban J connectivity index is 1.47. The first-order valence-corrected chi connectivity index (χ1v) is 8.51. The van der Waals surface area contributed by atoms with Gasteiger partial charge in [0.1, 0.15) is 5.82 Å². The van der Waals surface area contributed by atoms with Crippen molar-refractivity contribution in [2.24, 2.45) is 0 Å². The van der Waals surface area contributed by atoms with Crippen LogP contribution in [0.3, 0.4) is 0 Å². The monoisotopic (exact) mass is 326 g/mol.